The van der Waals surface area contributed by atoms with Gasteiger partial charge in [0.05, 0.1) is 17.1 Å². The van der Waals surface area contributed by atoms with Crippen molar-refractivity contribution in [1.29, 1.82) is 0 Å². The van der Waals surface area contributed by atoms with Crippen molar-refractivity contribution in [3.8, 4) is 10.6 Å². The van der Waals surface area contributed by atoms with Gasteiger partial charge in [-0.2, -0.15) is 0 Å². The lowest BCUT2D eigenvalue weighted by molar-refractivity contribution is -0.116. The highest BCUT2D eigenvalue weighted by Gasteiger charge is 2.09. The zero-order valence-electron chi connectivity index (χ0n) is 10.3. The number of aryl methyl sites for hydroxylation is 1. The Labute approximate surface area is 122 Å². The van der Waals surface area contributed by atoms with Gasteiger partial charge in [-0.3, -0.25) is 4.79 Å². The van der Waals surface area contributed by atoms with Crippen molar-refractivity contribution in [2.45, 2.75) is 13.0 Å². The predicted molar refractivity (Wildman–Crippen MR) is 76.5 cm³/mol. The van der Waals surface area contributed by atoms with E-state index in [0.717, 1.165) is 10.6 Å². The van der Waals surface area contributed by atoms with E-state index in [1.807, 2.05) is 22.9 Å². The summed E-state index contributed by atoms with van der Waals surface area (Å²) in [6, 6.07) is 3.98. The van der Waals surface area contributed by atoms with Crippen LogP contribution in [-0.4, -0.2) is 31.1 Å². The molecule has 0 aromatic carbocycles. The number of carbonyl (C=O) groups excluding carboxylic acids is 1. The van der Waals surface area contributed by atoms with Gasteiger partial charge in [-0.25, -0.2) is 9.67 Å². The summed E-state index contributed by atoms with van der Waals surface area (Å²) in [5, 5.41) is 18.0. The largest absolute Gasteiger partial charge is 0.302 e. The van der Waals surface area contributed by atoms with Crippen LogP contribution in [0.1, 0.15) is 6.42 Å². The fraction of sp³-hybridized carbons (Fsp3) is 0.182. The molecule has 0 atom stereocenters. The Hall–Kier alpha value is -2.13. The minimum Gasteiger partial charge on any atom is -0.302 e. The fourth-order valence-corrected chi connectivity index (χ4v) is 3.04. The van der Waals surface area contributed by atoms with Crippen molar-refractivity contribution in [1.82, 2.24) is 25.2 Å². The number of aromatic nitrogens is 5. The summed E-state index contributed by atoms with van der Waals surface area (Å²) in [5.41, 5.74) is 0.890. The SMILES string of the molecule is O=C(CCn1cnnn1)Nc1nc(-c2cccs2)cs1. The molecule has 0 spiro atoms. The number of hydrogen-bond acceptors (Lipinski definition) is 7. The molecule has 3 rings (SSSR count). The minimum absolute atomic E-state index is 0.104. The van der Waals surface area contributed by atoms with E-state index in [9.17, 15) is 4.79 Å². The van der Waals surface area contributed by atoms with Gasteiger partial charge in [0, 0.05) is 11.8 Å². The molecule has 0 bridgehead atoms. The molecular weight excluding hydrogens is 296 g/mol. The number of amides is 1. The zero-order valence-corrected chi connectivity index (χ0v) is 11.9. The molecule has 7 nitrogen and oxygen atoms in total. The van der Waals surface area contributed by atoms with E-state index in [-0.39, 0.29) is 5.91 Å². The third-order valence-corrected chi connectivity index (χ3v) is 4.13. The first-order chi connectivity index (χ1) is 9.81. The molecule has 9 heteroatoms. The second-order valence-corrected chi connectivity index (χ2v) is 5.69. The number of nitrogens with zero attached hydrogens (tertiary/aromatic N) is 5. The van der Waals surface area contributed by atoms with E-state index in [1.54, 1.807) is 11.3 Å². The summed E-state index contributed by atoms with van der Waals surface area (Å²) in [6.45, 7) is 0.446. The maximum Gasteiger partial charge on any atom is 0.228 e. The van der Waals surface area contributed by atoms with Crippen LogP contribution in [0.5, 0.6) is 0 Å². The molecule has 0 unspecified atom stereocenters. The molecule has 20 heavy (non-hydrogen) atoms. The highest BCUT2D eigenvalue weighted by atomic mass is 32.1. The Morgan fingerprint density at radius 2 is 2.35 bits per heavy atom. The molecular formula is C11H10N6OS2. The lowest BCUT2D eigenvalue weighted by atomic mass is 10.4. The van der Waals surface area contributed by atoms with Crippen molar-refractivity contribution in [2.75, 3.05) is 5.32 Å². The Morgan fingerprint density at radius 3 is 3.10 bits per heavy atom. The maximum absolute atomic E-state index is 11.8. The molecule has 0 saturated carbocycles. The predicted octanol–water partition coefficient (Wildman–Crippen LogP) is 1.89. The molecule has 1 amide bonds. The number of nitrogens with one attached hydrogen (secondary N) is 1. The first kappa shape index (κ1) is 12.9. The number of thiophene rings is 1. The first-order valence-corrected chi connectivity index (χ1v) is 7.57. The highest BCUT2D eigenvalue weighted by molar-refractivity contribution is 7.16. The van der Waals surface area contributed by atoms with Gasteiger partial charge in [0.15, 0.2) is 5.13 Å². The molecule has 0 radical (unpaired) electrons. The highest BCUT2D eigenvalue weighted by Crippen LogP contribution is 2.28. The van der Waals surface area contributed by atoms with Crippen LogP contribution < -0.4 is 5.32 Å². The normalized spacial score (nSPS) is 10.6. The quantitative estimate of drug-likeness (QED) is 0.778. The van der Waals surface area contributed by atoms with Gasteiger partial charge in [0.25, 0.3) is 0 Å². The van der Waals surface area contributed by atoms with Crippen LogP contribution in [0.3, 0.4) is 0 Å². The number of anilines is 1. The first-order valence-electron chi connectivity index (χ1n) is 5.81. The lowest BCUT2D eigenvalue weighted by Crippen LogP contribution is -2.14. The van der Waals surface area contributed by atoms with Crippen LogP contribution in [0.25, 0.3) is 10.6 Å². The van der Waals surface area contributed by atoms with Crippen LogP contribution in [0.15, 0.2) is 29.2 Å². The molecule has 0 saturated heterocycles. The third kappa shape index (κ3) is 3.06. The van der Waals surface area contributed by atoms with E-state index in [0.29, 0.717) is 18.1 Å². The van der Waals surface area contributed by atoms with E-state index in [1.165, 1.54) is 22.3 Å². The molecule has 3 heterocycles. The van der Waals surface area contributed by atoms with Crippen LogP contribution in [0.2, 0.25) is 0 Å². The second-order valence-electron chi connectivity index (χ2n) is 3.89. The summed E-state index contributed by atoms with van der Waals surface area (Å²) in [7, 11) is 0. The fourth-order valence-electron chi connectivity index (χ4n) is 1.55. The van der Waals surface area contributed by atoms with Gasteiger partial charge in [0.2, 0.25) is 5.91 Å². The van der Waals surface area contributed by atoms with Crippen molar-refractivity contribution in [2.24, 2.45) is 0 Å². The van der Waals surface area contributed by atoms with E-state index in [2.05, 4.69) is 25.8 Å². The van der Waals surface area contributed by atoms with Crippen molar-refractivity contribution >= 4 is 33.7 Å². The van der Waals surface area contributed by atoms with Gasteiger partial charge < -0.3 is 5.32 Å². The Bertz CT molecular complexity index is 676. The van der Waals surface area contributed by atoms with E-state index < -0.39 is 0 Å². The summed E-state index contributed by atoms with van der Waals surface area (Å²) in [6.07, 6.45) is 1.78. The summed E-state index contributed by atoms with van der Waals surface area (Å²) in [4.78, 5) is 17.3. The van der Waals surface area contributed by atoms with Gasteiger partial charge in [-0.1, -0.05) is 6.07 Å². The molecule has 102 valence electrons. The zero-order chi connectivity index (χ0) is 13.8. The summed E-state index contributed by atoms with van der Waals surface area (Å²) < 4.78 is 1.51. The second kappa shape index (κ2) is 5.88. The van der Waals surface area contributed by atoms with Crippen LogP contribution in [0, 0.1) is 0 Å². The molecule has 0 aliphatic rings. The monoisotopic (exact) mass is 306 g/mol. The molecule has 1 N–H and O–H groups in total. The molecule has 0 aliphatic carbocycles. The number of rotatable bonds is 5. The third-order valence-electron chi connectivity index (χ3n) is 2.48. The van der Waals surface area contributed by atoms with Crippen LogP contribution in [0.4, 0.5) is 5.13 Å². The van der Waals surface area contributed by atoms with Crippen molar-refractivity contribution in [3.05, 3.63) is 29.2 Å². The Kier molecular flexibility index (Phi) is 3.79. The topological polar surface area (TPSA) is 85.6 Å². The van der Waals surface area contributed by atoms with Gasteiger partial charge >= 0.3 is 0 Å². The number of thiazole rings is 1. The number of tetrazole rings is 1. The van der Waals surface area contributed by atoms with Crippen LogP contribution in [-0.2, 0) is 11.3 Å². The summed E-state index contributed by atoms with van der Waals surface area (Å²) in [5.74, 6) is -0.104. The molecule has 3 aromatic rings. The summed E-state index contributed by atoms with van der Waals surface area (Å²) >= 11 is 3.04. The van der Waals surface area contributed by atoms with Gasteiger partial charge in [0.1, 0.15) is 6.33 Å². The van der Waals surface area contributed by atoms with Gasteiger partial charge in [-0.05, 0) is 21.9 Å². The number of carbonyl (C=O) groups is 1. The molecule has 3 aromatic heterocycles. The number of hydrogen-bond donors (Lipinski definition) is 1. The average Bonchev–Trinajstić information content (AvgIpc) is 3.18. The smallest absolute Gasteiger partial charge is 0.228 e. The standard InChI is InChI=1S/C11H10N6OS2/c18-10(3-4-17-7-12-15-16-17)14-11-13-8(6-20-11)9-2-1-5-19-9/h1-2,5-7H,3-4H2,(H,13,14,18). The van der Waals surface area contributed by atoms with Gasteiger partial charge in [-0.15, -0.1) is 27.8 Å². The average molecular weight is 306 g/mol. The lowest BCUT2D eigenvalue weighted by Gasteiger charge is -2.00. The molecule has 0 aliphatic heterocycles. The molecule has 0 fully saturated rings. The Morgan fingerprint density at radius 1 is 1.40 bits per heavy atom. The van der Waals surface area contributed by atoms with E-state index >= 15 is 0 Å². The van der Waals surface area contributed by atoms with Crippen molar-refractivity contribution < 1.29 is 4.79 Å². The van der Waals surface area contributed by atoms with E-state index in [4.69, 9.17) is 0 Å². The minimum atomic E-state index is -0.104. The maximum atomic E-state index is 11.8. The van der Waals surface area contributed by atoms with Crippen LogP contribution >= 0.6 is 22.7 Å². The Balaban J connectivity index is 1.56. The van der Waals surface area contributed by atoms with Crippen molar-refractivity contribution in [3.63, 3.8) is 0 Å².